The normalized spacial score (nSPS) is 29.5. The molecule has 1 aliphatic carbocycles. The SMILES string of the molecule is COC1CCC(N)(c2nc(C(C)(C)C)cs2)CC1. The predicted molar refractivity (Wildman–Crippen MR) is 75.9 cm³/mol. The highest BCUT2D eigenvalue weighted by molar-refractivity contribution is 7.09. The zero-order chi connectivity index (χ0) is 13.4. The monoisotopic (exact) mass is 268 g/mol. The molecule has 4 heteroatoms. The fraction of sp³-hybridized carbons (Fsp3) is 0.786. The van der Waals surface area contributed by atoms with Gasteiger partial charge >= 0.3 is 0 Å². The highest BCUT2D eigenvalue weighted by Crippen LogP contribution is 2.38. The van der Waals surface area contributed by atoms with E-state index < -0.39 is 0 Å². The molecule has 0 aliphatic heterocycles. The number of aromatic nitrogens is 1. The van der Waals surface area contributed by atoms with E-state index in [1.54, 1.807) is 18.4 Å². The number of ether oxygens (including phenoxy) is 1. The average molecular weight is 268 g/mol. The number of nitrogens with zero attached hydrogens (tertiary/aromatic N) is 1. The fourth-order valence-electron chi connectivity index (χ4n) is 2.40. The van der Waals surface area contributed by atoms with Crippen LogP contribution >= 0.6 is 11.3 Å². The third-order valence-corrected chi connectivity index (χ3v) is 4.92. The van der Waals surface area contributed by atoms with Gasteiger partial charge in [-0.15, -0.1) is 11.3 Å². The van der Waals surface area contributed by atoms with Crippen LogP contribution in [0, 0.1) is 0 Å². The van der Waals surface area contributed by atoms with Crippen molar-refractivity contribution >= 4 is 11.3 Å². The van der Waals surface area contributed by atoms with Crippen LogP contribution < -0.4 is 5.73 Å². The minimum atomic E-state index is -0.233. The van der Waals surface area contributed by atoms with Gasteiger partial charge in [0, 0.05) is 17.9 Å². The molecule has 1 saturated carbocycles. The van der Waals surface area contributed by atoms with Gasteiger partial charge in [0.1, 0.15) is 5.01 Å². The Labute approximate surface area is 114 Å². The highest BCUT2D eigenvalue weighted by Gasteiger charge is 2.36. The summed E-state index contributed by atoms with van der Waals surface area (Å²) in [5.74, 6) is 0. The van der Waals surface area contributed by atoms with Gasteiger partial charge in [-0.1, -0.05) is 20.8 Å². The lowest BCUT2D eigenvalue weighted by molar-refractivity contribution is 0.0492. The van der Waals surface area contributed by atoms with E-state index in [9.17, 15) is 0 Å². The molecular weight excluding hydrogens is 244 g/mol. The number of rotatable bonds is 2. The Kier molecular flexibility index (Phi) is 3.81. The molecule has 0 saturated heterocycles. The summed E-state index contributed by atoms with van der Waals surface area (Å²) in [6, 6.07) is 0. The maximum Gasteiger partial charge on any atom is 0.113 e. The Morgan fingerprint density at radius 3 is 2.44 bits per heavy atom. The lowest BCUT2D eigenvalue weighted by Crippen LogP contribution is -2.42. The van der Waals surface area contributed by atoms with Crippen LogP contribution in [0.25, 0.3) is 0 Å². The van der Waals surface area contributed by atoms with Crippen LogP contribution in [0.2, 0.25) is 0 Å². The number of hydrogen-bond donors (Lipinski definition) is 1. The first-order valence-electron chi connectivity index (χ1n) is 6.63. The molecule has 0 unspecified atom stereocenters. The van der Waals surface area contributed by atoms with Gasteiger partial charge in [-0.3, -0.25) is 0 Å². The van der Waals surface area contributed by atoms with Crippen molar-refractivity contribution in [3.63, 3.8) is 0 Å². The van der Waals surface area contributed by atoms with Crippen LogP contribution in [0.15, 0.2) is 5.38 Å². The van der Waals surface area contributed by atoms with E-state index in [0.29, 0.717) is 6.10 Å². The van der Waals surface area contributed by atoms with Gasteiger partial charge < -0.3 is 10.5 Å². The zero-order valence-corrected chi connectivity index (χ0v) is 12.6. The van der Waals surface area contributed by atoms with Crippen molar-refractivity contribution in [3.05, 3.63) is 16.1 Å². The summed E-state index contributed by atoms with van der Waals surface area (Å²) in [4.78, 5) is 4.78. The number of thiazole rings is 1. The molecular formula is C14H24N2OS. The molecule has 0 amide bonds. The quantitative estimate of drug-likeness (QED) is 0.896. The van der Waals surface area contributed by atoms with Gasteiger partial charge in [-0.2, -0.15) is 0 Å². The van der Waals surface area contributed by atoms with E-state index in [1.807, 2.05) is 0 Å². The molecule has 1 aliphatic rings. The zero-order valence-electron chi connectivity index (χ0n) is 11.8. The highest BCUT2D eigenvalue weighted by atomic mass is 32.1. The predicted octanol–water partition coefficient (Wildman–Crippen LogP) is 3.18. The van der Waals surface area contributed by atoms with E-state index in [4.69, 9.17) is 15.5 Å². The third-order valence-electron chi connectivity index (χ3n) is 3.86. The van der Waals surface area contributed by atoms with Crippen LogP contribution in [0.5, 0.6) is 0 Å². The smallest absolute Gasteiger partial charge is 0.113 e. The number of nitrogens with two attached hydrogens (primary N) is 1. The van der Waals surface area contributed by atoms with Gasteiger partial charge in [-0.05, 0) is 25.7 Å². The summed E-state index contributed by atoms with van der Waals surface area (Å²) in [5, 5.41) is 3.26. The van der Waals surface area contributed by atoms with Crippen molar-refractivity contribution < 1.29 is 4.74 Å². The molecule has 1 aromatic rings. The standard InChI is InChI=1S/C14H24N2OS/c1-13(2,3)11-9-18-12(16-11)14(15)7-5-10(17-4)6-8-14/h9-10H,5-8,15H2,1-4H3. The van der Waals surface area contributed by atoms with Crippen molar-refractivity contribution in [3.8, 4) is 0 Å². The van der Waals surface area contributed by atoms with Crippen molar-refractivity contribution in [2.24, 2.45) is 5.73 Å². The summed E-state index contributed by atoms with van der Waals surface area (Å²) in [6.07, 6.45) is 4.41. The lowest BCUT2D eigenvalue weighted by Gasteiger charge is -2.35. The van der Waals surface area contributed by atoms with E-state index in [1.165, 1.54) is 0 Å². The Hall–Kier alpha value is -0.450. The summed E-state index contributed by atoms with van der Waals surface area (Å²) < 4.78 is 5.41. The lowest BCUT2D eigenvalue weighted by atomic mass is 9.81. The van der Waals surface area contributed by atoms with Crippen LogP contribution in [0.4, 0.5) is 0 Å². The molecule has 18 heavy (non-hydrogen) atoms. The first-order valence-corrected chi connectivity index (χ1v) is 7.51. The molecule has 1 heterocycles. The van der Waals surface area contributed by atoms with Crippen molar-refractivity contribution in [2.45, 2.75) is 63.5 Å². The molecule has 0 atom stereocenters. The summed E-state index contributed by atoms with van der Waals surface area (Å²) in [5.41, 5.74) is 7.57. The largest absolute Gasteiger partial charge is 0.381 e. The van der Waals surface area contributed by atoms with E-state index >= 15 is 0 Å². The van der Waals surface area contributed by atoms with Crippen LogP contribution in [-0.2, 0) is 15.7 Å². The van der Waals surface area contributed by atoms with Crippen molar-refractivity contribution in [1.82, 2.24) is 4.98 Å². The maximum absolute atomic E-state index is 6.55. The Morgan fingerprint density at radius 2 is 2.00 bits per heavy atom. The molecule has 1 fully saturated rings. The molecule has 0 radical (unpaired) electrons. The second-order valence-electron chi connectivity index (χ2n) is 6.38. The molecule has 1 aromatic heterocycles. The topological polar surface area (TPSA) is 48.1 Å². The Morgan fingerprint density at radius 1 is 1.39 bits per heavy atom. The minimum absolute atomic E-state index is 0.106. The minimum Gasteiger partial charge on any atom is -0.381 e. The third kappa shape index (κ3) is 2.76. The van der Waals surface area contributed by atoms with E-state index in [0.717, 1.165) is 36.4 Å². The number of methoxy groups -OCH3 is 1. The maximum atomic E-state index is 6.55. The fourth-order valence-corrected chi connectivity index (χ4v) is 3.62. The van der Waals surface area contributed by atoms with Gasteiger partial charge in [-0.25, -0.2) is 4.98 Å². The first-order chi connectivity index (χ1) is 8.35. The Balaban J connectivity index is 2.14. The molecule has 0 bridgehead atoms. The van der Waals surface area contributed by atoms with Gasteiger partial charge in [0.05, 0.1) is 17.3 Å². The first kappa shape index (κ1) is 14.0. The number of hydrogen-bond acceptors (Lipinski definition) is 4. The van der Waals surface area contributed by atoms with Crippen molar-refractivity contribution in [2.75, 3.05) is 7.11 Å². The van der Waals surface area contributed by atoms with Gasteiger partial charge in [0.15, 0.2) is 0 Å². The van der Waals surface area contributed by atoms with Crippen LogP contribution in [0.1, 0.15) is 57.2 Å². The molecule has 2 rings (SSSR count). The second-order valence-corrected chi connectivity index (χ2v) is 7.24. The van der Waals surface area contributed by atoms with Gasteiger partial charge in [0.2, 0.25) is 0 Å². The molecule has 0 spiro atoms. The van der Waals surface area contributed by atoms with Gasteiger partial charge in [0.25, 0.3) is 0 Å². The molecule has 3 nitrogen and oxygen atoms in total. The van der Waals surface area contributed by atoms with E-state index in [-0.39, 0.29) is 11.0 Å². The molecule has 102 valence electrons. The van der Waals surface area contributed by atoms with Crippen molar-refractivity contribution in [1.29, 1.82) is 0 Å². The molecule has 0 aromatic carbocycles. The summed E-state index contributed by atoms with van der Waals surface area (Å²) in [6.45, 7) is 6.57. The second kappa shape index (κ2) is 4.91. The molecule has 2 N–H and O–H groups in total. The average Bonchev–Trinajstić information content (AvgIpc) is 2.79. The summed E-state index contributed by atoms with van der Waals surface area (Å²) >= 11 is 1.71. The van der Waals surface area contributed by atoms with Crippen LogP contribution in [-0.4, -0.2) is 18.2 Å². The van der Waals surface area contributed by atoms with Crippen LogP contribution in [0.3, 0.4) is 0 Å². The Bertz CT molecular complexity index is 400. The van der Waals surface area contributed by atoms with E-state index in [2.05, 4.69) is 26.2 Å². The summed E-state index contributed by atoms with van der Waals surface area (Å²) in [7, 11) is 1.79.